The SMILES string of the molecule is O=C(O)c1cc(Cl)cc(C(F)(F)F)c1C(F)(F)F. The van der Waals surface area contributed by atoms with Crippen LogP contribution in [0.4, 0.5) is 26.3 Å². The molecule has 0 amide bonds. The highest BCUT2D eigenvalue weighted by molar-refractivity contribution is 6.31. The van der Waals surface area contributed by atoms with Crippen LogP contribution in [0, 0.1) is 0 Å². The Kier molecular flexibility index (Phi) is 3.53. The van der Waals surface area contributed by atoms with Gasteiger partial charge in [-0.2, -0.15) is 26.3 Å². The highest BCUT2D eigenvalue weighted by Gasteiger charge is 2.46. The summed E-state index contributed by atoms with van der Waals surface area (Å²) in [5, 5.41) is 7.77. The standard InChI is InChI=1S/C9H3ClF6O2/c10-3-1-4(7(17)18)6(9(14,15)16)5(2-3)8(11,12)13/h1-2H,(H,17,18). The predicted octanol–water partition coefficient (Wildman–Crippen LogP) is 4.08. The largest absolute Gasteiger partial charge is 0.478 e. The molecule has 0 unspecified atom stereocenters. The Morgan fingerprint density at radius 1 is 1.06 bits per heavy atom. The van der Waals surface area contributed by atoms with Gasteiger partial charge in [-0.15, -0.1) is 0 Å². The van der Waals surface area contributed by atoms with Crippen molar-refractivity contribution in [3.63, 3.8) is 0 Å². The summed E-state index contributed by atoms with van der Waals surface area (Å²) < 4.78 is 74.9. The number of carboxylic acid groups (broad SMARTS) is 1. The van der Waals surface area contributed by atoms with Crippen LogP contribution in [0.25, 0.3) is 0 Å². The number of carboxylic acids is 1. The lowest BCUT2D eigenvalue weighted by Gasteiger charge is -2.17. The van der Waals surface area contributed by atoms with Gasteiger partial charge in [0, 0.05) is 5.02 Å². The normalized spacial score (nSPS) is 12.6. The Hall–Kier alpha value is -1.44. The molecule has 1 aromatic carbocycles. The van der Waals surface area contributed by atoms with Gasteiger partial charge in [0.1, 0.15) is 0 Å². The molecule has 0 aliphatic rings. The molecule has 0 radical (unpaired) electrons. The topological polar surface area (TPSA) is 37.3 Å². The minimum absolute atomic E-state index is 0.0385. The highest BCUT2D eigenvalue weighted by atomic mass is 35.5. The first kappa shape index (κ1) is 14.6. The van der Waals surface area contributed by atoms with Crippen LogP contribution in [-0.4, -0.2) is 11.1 Å². The van der Waals surface area contributed by atoms with Gasteiger partial charge in [-0.3, -0.25) is 0 Å². The molecule has 0 aliphatic heterocycles. The maximum absolute atomic E-state index is 12.5. The van der Waals surface area contributed by atoms with E-state index in [0.29, 0.717) is 6.07 Å². The van der Waals surface area contributed by atoms with E-state index in [1.54, 1.807) is 0 Å². The van der Waals surface area contributed by atoms with E-state index in [-0.39, 0.29) is 6.07 Å². The lowest BCUT2D eigenvalue weighted by atomic mass is 10.00. The zero-order chi connectivity index (χ0) is 14.3. The van der Waals surface area contributed by atoms with E-state index in [1.165, 1.54) is 0 Å². The summed E-state index contributed by atoms with van der Waals surface area (Å²) in [5.74, 6) is -2.14. The summed E-state index contributed by atoms with van der Waals surface area (Å²) in [6, 6.07) is 0.360. The van der Waals surface area contributed by atoms with Crippen molar-refractivity contribution < 1.29 is 36.2 Å². The van der Waals surface area contributed by atoms with Crippen LogP contribution < -0.4 is 0 Å². The Bertz CT molecular complexity index is 491. The summed E-state index contributed by atoms with van der Waals surface area (Å²) in [6.07, 6.45) is -10.8. The molecule has 0 atom stereocenters. The second-order valence-electron chi connectivity index (χ2n) is 3.18. The van der Waals surface area contributed by atoms with Gasteiger partial charge in [-0.05, 0) is 12.1 Å². The van der Waals surface area contributed by atoms with E-state index in [2.05, 4.69) is 0 Å². The predicted molar refractivity (Wildman–Crippen MR) is 48.4 cm³/mol. The zero-order valence-corrected chi connectivity index (χ0v) is 8.91. The Balaban J connectivity index is 3.76. The van der Waals surface area contributed by atoms with Crippen LogP contribution in [0.2, 0.25) is 5.02 Å². The summed E-state index contributed by atoms with van der Waals surface area (Å²) in [5.41, 5.74) is -5.92. The van der Waals surface area contributed by atoms with Crippen molar-refractivity contribution in [1.82, 2.24) is 0 Å². The van der Waals surface area contributed by atoms with Crippen molar-refractivity contribution in [2.45, 2.75) is 12.4 Å². The number of hydrogen-bond acceptors (Lipinski definition) is 1. The number of aromatic carboxylic acids is 1. The van der Waals surface area contributed by atoms with E-state index in [1.807, 2.05) is 0 Å². The third kappa shape index (κ3) is 2.87. The molecule has 0 saturated carbocycles. The molecular weight excluding hydrogens is 290 g/mol. The quantitative estimate of drug-likeness (QED) is 0.792. The van der Waals surface area contributed by atoms with Crippen LogP contribution in [0.5, 0.6) is 0 Å². The smallest absolute Gasteiger partial charge is 0.417 e. The third-order valence-corrected chi connectivity index (χ3v) is 2.14. The monoisotopic (exact) mass is 292 g/mol. The molecule has 0 aliphatic carbocycles. The minimum atomic E-state index is -5.46. The van der Waals surface area contributed by atoms with Gasteiger partial charge in [0.2, 0.25) is 0 Å². The van der Waals surface area contributed by atoms with Crippen molar-refractivity contribution in [2.24, 2.45) is 0 Å². The van der Waals surface area contributed by atoms with Crippen molar-refractivity contribution in [3.8, 4) is 0 Å². The second-order valence-corrected chi connectivity index (χ2v) is 3.61. The molecule has 18 heavy (non-hydrogen) atoms. The second kappa shape index (κ2) is 4.34. The van der Waals surface area contributed by atoms with E-state index >= 15 is 0 Å². The van der Waals surface area contributed by atoms with E-state index in [9.17, 15) is 31.1 Å². The third-order valence-electron chi connectivity index (χ3n) is 1.92. The van der Waals surface area contributed by atoms with E-state index in [0.717, 1.165) is 0 Å². The Morgan fingerprint density at radius 2 is 1.56 bits per heavy atom. The van der Waals surface area contributed by atoms with Gasteiger partial charge < -0.3 is 5.11 Å². The van der Waals surface area contributed by atoms with Crippen molar-refractivity contribution in [1.29, 1.82) is 0 Å². The van der Waals surface area contributed by atoms with E-state index in [4.69, 9.17) is 16.7 Å². The highest BCUT2D eigenvalue weighted by Crippen LogP contribution is 2.43. The maximum Gasteiger partial charge on any atom is 0.417 e. The van der Waals surface area contributed by atoms with Crippen LogP contribution in [0.3, 0.4) is 0 Å². The maximum atomic E-state index is 12.5. The Morgan fingerprint density at radius 3 is 1.89 bits per heavy atom. The molecule has 1 aromatic rings. The van der Waals surface area contributed by atoms with Crippen LogP contribution in [-0.2, 0) is 12.4 Å². The van der Waals surface area contributed by atoms with E-state index < -0.39 is 40.0 Å². The average molecular weight is 293 g/mol. The molecule has 0 spiro atoms. The van der Waals surface area contributed by atoms with Gasteiger partial charge >= 0.3 is 18.3 Å². The molecule has 2 nitrogen and oxygen atoms in total. The number of rotatable bonds is 1. The van der Waals surface area contributed by atoms with Crippen LogP contribution in [0.1, 0.15) is 21.5 Å². The van der Waals surface area contributed by atoms with Gasteiger partial charge in [-0.1, -0.05) is 11.6 Å². The first-order valence-corrected chi connectivity index (χ1v) is 4.53. The molecule has 0 bridgehead atoms. The molecule has 9 heteroatoms. The van der Waals surface area contributed by atoms with Crippen molar-refractivity contribution in [2.75, 3.05) is 0 Å². The first-order chi connectivity index (χ1) is 7.94. The first-order valence-electron chi connectivity index (χ1n) is 4.16. The zero-order valence-electron chi connectivity index (χ0n) is 8.16. The minimum Gasteiger partial charge on any atom is -0.478 e. The summed E-state index contributed by atoms with van der Waals surface area (Å²) in [6.45, 7) is 0. The molecule has 0 fully saturated rings. The molecule has 100 valence electrons. The summed E-state index contributed by atoms with van der Waals surface area (Å²) in [4.78, 5) is 10.6. The lowest BCUT2D eigenvalue weighted by molar-refractivity contribution is -0.162. The van der Waals surface area contributed by atoms with Crippen molar-refractivity contribution in [3.05, 3.63) is 33.8 Å². The number of carbonyl (C=O) groups is 1. The summed E-state index contributed by atoms with van der Waals surface area (Å²) >= 11 is 5.19. The fourth-order valence-corrected chi connectivity index (χ4v) is 1.52. The molecular formula is C9H3ClF6O2. The lowest BCUT2D eigenvalue weighted by Crippen LogP contribution is -2.21. The summed E-state index contributed by atoms with van der Waals surface area (Å²) in [7, 11) is 0. The van der Waals surface area contributed by atoms with Crippen molar-refractivity contribution >= 4 is 17.6 Å². The van der Waals surface area contributed by atoms with Crippen LogP contribution in [0.15, 0.2) is 12.1 Å². The molecule has 1 N–H and O–H groups in total. The fraction of sp³-hybridized carbons (Fsp3) is 0.222. The number of benzene rings is 1. The average Bonchev–Trinajstić information content (AvgIpc) is 2.12. The molecule has 1 rings (SSSR count). The van der Waals surface area contributed by atoms with Gasteiger partial charge in [0.25, 0.3) is 0 Å². The van der Waals surface area contributed by atoms with Gasteiger partial charge in [-0.25, -0.2) is 4.79 Å². The number of hydrogen-bond donors (Lipinski definition) is 1. The van der Waals surface area contributed by atoms with Crippen LogP contribution >= 0.6 is 11.6 Å². The number of halogens is 7. The van der Waals surface area contributed by atoms with Gasteiger partial charge in [0.05, 0.1) is 16.7 Å². The Labute approximate surface area is 101 Å². The molecule has 0 heterocycles. The van der Waals surface area contributed by atoms with Gasteiger partial charge in [0.15, 0.2) is 0 Å². The molecule has 0 saturated heterocycles. The molecule has 0 aromatic heterocycles. The number of alkyl halides is 6. The fourth-order valence-electron chi connectivity index (χ4n) is 1.30.